The van der Waals surface area contributed by atoms with Crippen LogP contribution < -0.4 is 4.90 Å². The lowest BCUT2D eigenvalue weighted by Crippen LogP contribution is -2.50. The largest absolute Gasteiger partial charge is 0.338 e. The summed E-state index contributed by atoms with van der Waals surface area (Å²) in [5.74, 6) is 1.50. The number of rotatable bonds is 5. The Morgan fingerprint density at radius 3 is 2.73 bits per heavy atom. The van der Waals surface area contributed by atoms with Gasteiger partial charge in [0.15, 0.2) is 0 Å². The molecule has 1 aromatic carbocycles. The number of benzene rings is 1. The van der Waals surface area contributed by atoms with Gasteiger partial charge in [-0.25, -0.2) is 0 Å². The summed E-state index contributed by atoms with van der Waals surface area (Å²) in [7, 11) is 0. The molecule has 0 spiro atoms. The van der Waals surface area contributed by atoms with Crippen LogP contribution in [0.1, 0.15) is 17.9 Å². The summed E-state index contributed by atoms with van der Waals surface area (Å²) in [5, 5.41) is 8.11. The van der Waals surface area contributed by atoms with Gasteiger partial charge in [-0.05, 0) is 35.9 Å². The summed E-state index contributed by atoms with van der Waals surface area (Å²) in [6.07, 6.45) is 2.09. The molecule has 0 bridgehead atoms. The van der Waals surface area contributed by atoms with Crippen LogP contribution in [0.2, 0.25) is 0 Å². The van der Waals surface area contributed by atoms with Gasteiger partial charge in [0, 0.05) is 49.4 Å². The Morgan fingerprint density at radius 1 is 1.07 bits per heavy atom. The highest BCUT2D eigenvalue weighted by molar-refractivity contribution is 7.08. The van der Waals surface area contributed by atoms with E-state index in [1.165, 1.54) is 5.56 Å². The van der Waals surface area contributed by atoms with Crippen LogP contribution in [0.25, 0.3) is 11.4 Å². The molecule has 156 valence electrons. The Morgan fingerprint density at radius 2 is 1.90 bits per heavy atom. The molecule has 1 saturated heterocycles. The molecule has 0 aliphatic carbocycles. The molecule has 2 aliphatic rings. The van der Waals surface area contributed by atoms with Crippen molar-refractivity contribution >= 4 is 22.9 Å². The minimum absolute atomic E-state index is 0.202. The summed E-state index contributed by atoms with van der Waals surface area (Å²) in [6.45, 7) is 5.46. The van der Waals surface area contributed by atoms with Gasteiger partial charge in [-0.3, -0.25) is 14.6 Å². The topological polar surface area (TPSA) is 65.7 Å². The van der Waals surface area contributed by atoms with Gasteiger partial charge in [0.25, 0.3) is 0 Å². The van der Waals surface area contributed by atoms with E-state index in [-0.39, 0.29) is 5.91 Å². The Kier molecular flexibility index (Phi) is 5.61. The van der Waals surface area contributed by atoms with E-state index in [1.807, 2.05) is 27.8 Å². The van der Waals surface area contributed by atoms with Crippen molar-refractivity contribution in [2.75, 3.05) is 44.2 Å². The molecule has 3 aromatic rings. The molecule has 0 atom stereocenters. The molecule has 0 N–H and O–H groups in total. The monoisotopic (exact) mass is 423 g/mol. The number of nitrogens with zero attached hydrogens (tertiary/aromatic N) is 5. The van der Waals surface area contributed by atoms with Crippen molar-refractivity contribution in [2.45, 2.75) is 19.4 Å². The average molecular weight is 424 g/mol. The van der Waals surface area contributed by atoms with Crippen LogP contribution in [0.15, 0.2) is 45.6 Å². The third-order valence-electron chi connectivity index (χ3n) is 5.84. The highest BCUT2D eigenvalue weighted by atomic mass is 32.1. The van der Waals surface area contributed by atoms with E-state index in [2.05, 4.69) is 38.1 Å². The maximum atomic E-state index is 13.0. The first-order valence-corrected chi connectivity index (χ1v) is 11.4. The number of piperazine rings is 1. The maximum Gasteiger partial charge on any atom is 0.241 e. The van der Waals surface area contributed by atoms with E-state index in [9.17, 15) is 4.79 Å². The van der Waals surface area contributed by atoms with E-state index >= 15 is 0 Å². The van der Waals surface area contributed by atoms with Gasteiger partial charge in [-0.15, -0.1) is 0 Å². The van der Waals surface area contributed by atoms with Crippen LogP contribution >= 0.6 is 11.3 Å². The predicted octanol–water partition coefficient (Wildman–Crippen LogP) is 2.90. The molecule has 1 amide bonds. The lowest BCUT2D eigenvalue weighted by Gasteiger charge is -2.36. The third kappa shape index (κ3) is 4.16. The minimum Gasteiger partial charge on any atom is -0.338 e. The van der Waals surface area contributed by atoms with Gasteiger partial charge >= 0.3 is 0 Å². The highest BCUT2D eigenvalue weighted by Crippen LogP contribution is 2.27. The van der Waals surface area contributed by atoms with Gasteiger partial charge in [-0.1, -0.05) is 23.4 Å². The van der Waals surface area contributed by atoms with Gasteiger partial charge in [-0.2, -0.15) is 16.3 Å². The number of para-hydroxylation sites is 1. The maximum absolute atomic E-state index is 13.0. The Balaban J connectivity index is 1.13. The quantitative estimate of drug-likeness (QED) is 0.629. The summed E-state index contributed by atoms with van der Waals surface area (Å²) in [4.78, 5) is 24.0. The fraction of sp³-hybridized carbons (Fsp3) is 0.409. The molecule has 0 saturated carbocycles. The molecule has 1 fully saturated rings. The summed E-state index contributed by atoms with van der Waals surface area (Å²) in [6, 6.07) is 10.3. The van der Waals surface area contributed by atoms with Crippen molar-refractivity contribution in [3.63, 3.8) is 0 Å². The normalized spacial score (nSPS) is 17.8. The molecule has 30 heavy (non-hydrogen) atoms. The van der Waals surface area contributed by atoms with E-state index in [1.54, 1.807) is 11.3 Å². The van der Waals surface area contributed by atoms with Gasteiger partial charge in [0.05, 0.1) is 13.1 Å². The van der Waals surface area contributed by atoms with E-state index in [4.69, 9.17) is 4.52 Å². The molecule has 2 aliphatic heterocycles. The van der Waals surface area contributed by atoms with Crippen LogP contribution in [0.3, 0.4) is 0 Å². The summed E-state index contributed by atoms with van der Waals surface area (Å²) < 4.78 is 5.42. The van der Waals surface area contributed by atoms with Crippen molar-refractivity contribution in [2.24, 2.45) is 0 Å². The Bertz CT molecular complexity index is 995. The highest BCUT2D eigenvalue weighted by Gasteiger charge is 2.26. The molecule has 2 aromatic heterocycles. The minimum atomic E-state index is 0.202. The predicted molar refractivity (Wildman–Crippen MR) is 116 cm³/mol. The number of hydrogen-bond donors (Lipinski definition) is 0. The lowest BCUT2D eigenvalue weighted by molar-refractivity contribution is -0.120. The first kappa shape index (κ1) is 19.4. The first-order chi connectivity index (χ1) is 14.8. The van der Waals surface area contributed by atoms with Crippen LogP contribution in [-0.4, -0.2) is 65.1 Å². The number of carbonyl (C=O) groups is 1. The van der Waals surface area contributed by atoms with Crippen LogP contribution in [0, 0.1) is 0 Å². The second-order valence-electron chi connectivity index (χ2n) is 7.85. The van der Waals surface area contributed by atoms with E-state index < -0.39 is 0 Å². The smallest absolute Gasteiger partial charge is 0.241 e. The average Bonchev–Trinajstić information content (AvgIpc) is 3.47. The number of hydrogen-bond acceptors (Lipinski definition) is 7. The zero-order chi connectivity index (χ0) is 20.3. The van der Waals surface area contributed by atoms with Crippen molar-refractivity contribution < 1.29 is 9.32 Å². The van der Waals surface area contributed by atoms with Crippen molar-refractivity contribution in [3.05, 3.63) is 52.5 Å². The number of aryl methyl sites for hydroxylation is 1. The summed E-state index contributed by atoms with van der Waals surface area (Å²) >= 11 is 1.62. The fourth-order valence-corrected chi connectivity index (χ4v) is 4.83. The van der Waals surface area contributed by atoms with Crippen molar-refractivity contribution in [3.8, 4) is 11.4 Å². The number of anilines is 1. The molecule has 0 radical (unpaired) electrons. The molecule has 5 rings (SSSR count). The van der Waals surface area contributed by atoms with E-state index in [0.717, 1.165) is 56.8 Å². The Hall–Kier alpha value is -2.55. The molecular formula is C22H25N5O2S. The standard InChI is InChI=1S/C22H25N5O2S/c28-21(27-8-3-5-17-4-1-2-6-19(17)27)15-26-11-9-25(10-12-26)14-20-23-22(24-29-20)18-7-13-30-16-18/h1-2,4,6-7,13,16H,3,5,8-12,14-15H2. The number of carbonyl (C=O) groups excluding carboxylic acids is 1. The van der Waals surface area contributed by atoms with Gasteiger partial charge < -0.3 is 9.42 Å². The van der Waals surface area contributed by atoms with Gasteiger partial charge in [0.2, 0.25) is 17.6 Å². The molecule has 8 heteroatoms. The fourth-order valence-electron chi connectivity index (χ4n) is 4.19. The van der Waals surface area contributed by atoms with Crippen molar-refractivity contribution in [1.29, 1.82) is 0 Å². The van der Waals surface area contributed by atoms with E-state index in [0.29, 0.717) is 24.8 Å². The number of fused-ring (bicyclic) bond motifs is 1. The number of thiophene rings is 1. The van der Waals surface area contributed by atoms with Gasteiger partial charge in [0.1, 0.15) is 0 Å². The molecule has 0 unspecified atom stereocenters. The third-order valence-corrected chi connectivity index (χ3v) is 6.52. The number of amides is 1. The summed E-state index contributed by atoms with van der Waals surface area (Å²) in [5.41, 5.74) is 3.37. The van der Waals surface area contributed by atoms with Crippen LogP contribution in [0.4, 0.5) is 5.69 Å². The SMILES string of the molecule is O=C(CN1CCN(Cc2nc(-c3ccsc3)no2)CC1)N1CCCc2ccccc21. The number of aromatic nitrogens is 2. The van der Waals surface area contributed by atoms with Crippen LogP contribution in [0.5, 0.6) is 0 Å². The molecular weight excluding hydrogens is 398 g/mol. The zero-order valence-corrected chi connectivity index (χ0v) is 17.7. The van der Waals surface area contributed by atoms with Crippen molar-refractivity contribution in [1.82, 2.24) is 19.9 Å². The van der Waals surface area contributed by atoms with Crippen LogP contribution in [-0.2, 0) is 17.8 Å². The lowest BCUT2D eigenvalue weighted by atomic mass is 10.0. The second kappa shape index (κ2) is 8.67. The molecule has 4 heterocycles. The zero-order valence-electron chi connectivity index (χ0n) is 16.9. The first-order valence-electron chi connectivity index (χ1n) is 10.4. The molecule has 7 nitrogen and oxygen atoms in total. The Labute approximate surface area is 179 Å². The second-order valence-corrected chi connectivity index (χ2v) is 8.63.